The van der Waals surface area contributed by atoms with Crippen LogP contribution in [0.2, 0.25) is 0 Å². The molecule has 0 aromatic heterocycles. The first-order valence-corrected chi connectivity index (χ1v) is 4.69. The molecule has 0 saturated carbocycles. The highest BCUT2D eigenvalue weighted by molar-refractivity contribution is 6.09. The normalized spacial score (nSPS) is 22.9. The van der Waals surface area contributed by atoms with Crippen molar-refractivity contribution in [3.05, 3.63) is 0 Å². The molecule has 0 aliphatic carbocycles. The molecular weight excluding hydrogens is 243 g/mol. The molecule has 0 radical (unpaired) electrons. The molecule has 6 nitrogen and oxygen atoms in total. The molecule has 0 spiro atoms. The summed E-state index contributed by atoms with van der Waals surface area (Å²) < 4.78 is 31.7. The Labute approximate surface area is 93.9 Å². The number of carbonyl (C=O) groups is 2. The van der Waals surface area contributed by atoms with Gasteiger partial charge in [0.25, 0.3) is 0 Å². The molecule has 0 aromatic carbocycles. The van der Waals surface area contributed by atoms with E-state index in [-0.39, 0.29) is 11.8 Å². The van der Waals surface area contributed by atoms with E-state index in [0.29, 0.717) is 0 Å². The van der Waals surface area contributed by atoms with Crippen LogP contribution in [0, 0.1) is 5.92 Å². The lowest BCUT2D eigenvalue weighted by Crippen LogP contribution is -2.38. The van der Waals surface area contributed by atoms with E-state index in [4.69, 9.17) is 9.90 Å². The SMILES string of the molecule is O=C(O)C(F)(F)F.O=C1NN=C2CNCCC12. The summed E-state index contributed by atoms with van der Waals surface area (Å²) in [5.41, 5.74) is 3.44. The average Bonchev–Trinajstić information content (AvgIpc) is 2.61. The Morgan fingerprint density at radius 3 is 2.53 bits per heavy atom. The lowest BCUT2D eigenvalue weighted by molar-refractivity contribution is -0.192. The van der Waals surface area contributed by atoms with Gasteiger partial charge in [-0.1, -0.05) is 0 Å². The number of rotatable bonds is 0. The lowest BCUT2D eigenvalue weighted by atomic mass is 9.97. The van der Waals surface area contributed by atoms with Crippen molar-refractivity contribution < 1.29 is 27.9 Å². The van der Waals surface area contributed by atoms with Crippen molar-refractivity contribution in [1.29, 1.82) is 0 Å². The van der Waals surface area contributed by atoms with Crippen LogP contribution in [0.15, 0.2) is 5.10 Å². The van der Waals surface area contributed by atoms with Crippen molar-refractivity contribution >= 4 is 17.6 Å². The molecule has 1 atom stereocenters. The molecule has 1 fully saturated rings. The van der Waals surface area contributed by atoms with Crippen molar-refractivity contribution in [2.75, 3.05) is 13.1 Å². The number of carbonyl (C=O) groups excluding carboxylic acids is 1. The number of amides is 1. The molecule has 1 saturated heterocycles. The highest BCUT2D eigenvalue weighted by Crippen LogP contribution is 2.13. The number of hydrogen-bond acceptors (Lipinski definition) is 4. The Balaban J connectivity index is 0.000000185. The van der Waals surface area contributed by atoms with Crippen LogP contribution in [0.5, 0.6) is 0 Å². The highest BCUT2D eigenvalue weighted by atomic mass is 19.4. The van der Waals surface area contributed by atoms with Crippen molar-refractivity contribution in [1.82, 2.24) is 10.7 Å². The number of nitrogens with one attached hydrogen (secondary N) is 2. The van der Waals surface area contributed by atoms with Gasteiger partial charge in [0, 0.05) is 6.54 Å². The van der Waals surface area contributed by atoms with Gasteiger partial charge in [-0.2, -0.15) is 18.3 Å². The summed E-state index contributed by atoms with van der Waals surface area (Å²) >= 11 is 0. The molecule has 2 aliphatic rings. The van der Waals surface area contributed by atoms with Crippen molar-refractivity contribution in [2.24, 2.45) is 11.0 Å². The molecule has 2 heterocycles. The van der Waals surface area contributed by atoms with Gasteiger partial charge in [0.15, 0.2) is 0 Å². The number of piperidine rings is 1. The number of alkyl halides is 3. The summed E-state index contributed by atoms with van der Waals surface area (Å²) in [6.07, 6.45) is -4.19. The molecule has 2 rings (SSSR count). The summed E-state index contributed by atoms with van der Waals surface area (Å²) in [4.78, 5) is 19.9. The number of carboxylic acid groups (broad SMARTS) is 1. The minimum absolute atomic E-state index is 0.0662. The van der Waals surface area contributed by atoms with Crippen LogP contribution in [0.3, 0.4) is 0 Å². The maximum atomic E-state index is 11.0. The van der Waals surface area contributed by atoms with E-state index in [1.54, 1.807) is 0 Å². The van der Waals surface area contributed by atoms with Crippen LogP contribution in [-0.2, 0) is 9.59 Å². The molecule has 0 bridgehead atoms. The van der Waals surface area contributed by atoms with Crippen LogP contribution in [0.4, 0.5) is 13.2 Å². The second kappa shape index (κ2) is 5.13. The van der Waals surface area contributed by atoms with E-state index in [1.165, 1.54) is 0 Å². The zero-order valence-corrected chi connectivity index (χ0v) is 8.54. The van der Waals surface area contributed by atoms with E-state index < -0.39 is 12.1 Å². The van der Waals surface area contributed by atoms with Gasteiger partial charge in [-0.05, 0) is 13.0 Å². The van der Waals surface area contributed by atoms with E-state index in [9.17, 15) is 18.0 Å². The van der Waals surface area contributed by atoms with Gasteiger partial charge in [-0.25, -0.2) is 10.2 Å². The molecule has 17 heavy (non-hydrogen) atoms. The number of halogens is 3. The lowest BCUT2D eigenvalue weighted by Gasteiger charge is -2.16. The Kier molecular flexibility index (Phi) is 4.05. The van der Waals surface area contributed by atoms with Crippen molar-refractivity contribution in [3.8, 4) is 0 Å². The van der Waals surface area contributed by atoms with Gasteiger partial charge < -0.3 is 10.4 Å². The smallest absolute Gasteiger partial charge is 0.475 e. The molecule has 96 valence electrons. The number of fused-ring (bicyclic) bond motifs is 1. The van der Waals surface area contributed by atoms with E-state index >= 15 is 0 Å². The maximum Gasteiger partial charge on any atom is 0.490 e. The van der Waals surface area contributed by atoms with Crippen LogP contribution in [0.25, 0.3) is 0 Å². The summed E-state index contributed by atoms with van der Waals surface area (Å²) in [5, 5.41) is 14.2. The van der Waals surface area contributed by atoms with E-state index in [2.05, 4.69) is 15.8 Å². The first-order valence-electron chi connectivity index (χ1n) is 4.69. The fourth-order valence-electron chi connectivity index (χ4n) is 1.36. The quantitative estimate of drug-likeness (QED) is 0.553. The summed E-state index contributed by atoms with van der Waals surface area (Å²) in [6.45, 7) is 1.69. The van der Waals surface area contributed by atoms with Crippen molar-refractivity contribution in [3.63, 3.8) is 0 Å². The monoisotopic (exact) mass is 253 g/mol. The predicted octanol–water partition coefficient (Wildman–Crippen LogP) is -0.285. The second-order valence-corrected chi connectivity index (χ2v) is 3.40. The van der Waals surface area contributed by atoms with Crippen LogP contribution in [-0.4, -0.2) is 42.0 Å². The minimum Gasteiger partial charge on any atom is -0.475 e. The number of carboxylic acids is 1. The highest BCUT2D eigenvalue weighted by Gasteiger charge is 2.38. The maximum absolute atomic E-state index is 11.0. The second-order valence-electron chi connectivity index (χ2n) is 3.40. The zero-order valence-electron chi connectivity index (χ0n) is 8.54. The first kappa shape index (κ1) is 13.4. The molecule has 9 heteroatoms. The predicted molar refractivity (Wildman–Crippen MR) is 50.2 cm³/mol. The number of nitrogens with zero attached hydrogens (tertiary/aromatic N) is 1. The number of hydrazone groups is 1. The van der Waals surface area contributed by atoms with Gasteiger partial charge in [0.1, 0.15) is 0 Å². The molecular formula is C8H10F3N3O3. The molecule has 2 aliphatic heterocycles. The number of aliphatic carboxylic acids is 1. The Hall–Kier alpha value is -1.64. The Morgan fingerprint density at radius 2 is 2.06 bits per heavy atom. The zero-order chi connectivity index (χ0) is 13.1. The van der Waals surface area contributed by atoms with Gasteiger partial charge in [-0.3, -0.25) is 4.79 Å². The van der Waals surface area contributed by atoms with Gasteiger partial charge in [-0.15, -0.1) is 0 Å². The van der Waals surface area contributed by atoms with Crippen LogP contribution >= 0.6 is 0 Å². The number of hydrogen-bond donors (Lipinski definition) is 3. The minimum atomic E-state index is -5.08. The van der Waals surface area contributed by atoms with Gasteiger partial charge >= 0.3 is 12.1 Å². The van der Waals surface area contributed by atoms with Gasteiger partial charge in [0.05, 0.1) is 11.6 Å². The largest absolute Gasteiger partial charge is 0.490 e. The molecule has 0 aromatic rings. The van der Waals surface area contributed by atoms with Crippen LogP contribution < -0.4 is 10.7 Å². The third-order valence-corrected chi connectivity index (χ3v) is 2.19. The summed E-state index contributed by atoms with van der Waals surface area (Å²) in [5.74, 6) is -2.62. The Morgan fingerprint density at radius 1 is 1.47 bits per heavy atom. The third-order valence-electron chi connectivity index (χ3n) is 2.19. The molecule has 1 amide bonds. The van der Waals surface area contributed by atoms with Crippen LogP contribution in [0.1, 0.15) is 6.42 Å². The summed E-state index contributed by atoms with van der Waals surface area (Å²) in [7, 11) is 0. The standard InChI is InChI=1S/C6H9N3O.C2HF3O2/c10-6-4-1-2-7-3-5(4)8-9-6;3-2(4,5)1(6)7/h4,7H,1-3H2,(H,9,10);(H,6,7). The van der Waals surface area contributed by atoms with Gasteiger partial charge in [0.2, 0.25) is 5.91 Å². The average molecular weight is 253 g/mol. The third kappa shape index (κ3) is 3.70. The Bertz CT molecular complexity index is 354. The van der Waals surface area contributed by atoms with E-state index in [1.807, 2.05) is 0 Å². The fraction of sp³-hybridized carbons (Fsp3) is 0.625. The first-order chi connectivity index (χ1) is 7.82. The fourth-order valence-corrected chi connectivity index (χ4v) is 1.36. The molecule has 3 N–H and O–H groups in total. The topological polar surface area (TPSA) is 90.8 Å². The van der Waals surface area contributed by atoms with Crippen molar-refractivity contribution in [2.45, 2.75) is 12.6 Å². The molecule has 1 unspecified atom stereocenters. The van der Waals surface area contributed by atoms with E-state index in [0.717, 1.165) is 25.2 Å². The summed E-state index contributed by atoms with van der Waals surface area (Å²) in [6, 6.07) is 0.